The van der Waals surface area contributed by atoms with Gasteiger partial charge in [-0.15, -0.1) is 0 Å². The highest BCUT2D eigenvalue weighted by molar-refractivity contribution is 5.83. The number of hydrogen-bond donors (Lipinski definition) is 2. The molecule has 1 aromatic carbocycles. The number of carboxylic acids is 1. The summed E-state index contributed by atoms with van der Waals surface area (Å²) in [6, 6.07) is 5.86. The van der Waals surface area contributed by atoms with E-state index in [1.807, 2.05) is 0 Å². The van der Waals surface area contributed by atoms with Crippen molar-refractivity contribution in [2.75, 3.05) is 5.32 Å². The van der Waals surface area contributed by atoms with E-state index in [1.165, 1.54) is 12.1 Å². The summed E-state index contributed by atoms with van der Waals surface area (Å²) in [5, 5.41) is 12.9. The number of anilines is 1. The SMILES string of the molecule is CC1CC(C)(C)CC(Nc2ccc(F)cc2)(C(=O)O)C1. The van der Waals surface area contributed by atoms with E-state index in [0.29, 0.717) is 24.4 Å². The van der Waals surface area contributed by atoms with Crippen LogP contribution in [-0.2, 0) is 4.79 Å². The Bertz CT molecular complexity index is 498. The molecule has 0 spiro atoms. The van der Waals surface area contributed by atoms with Gasteiger partial charge in [0.2, 0.25) is 0 Å². The molecule has 1 aromatic rings. The van der Waals surface area contributed by atoms with Crippen molar-refractivity contribution >= 4 is 11.7 Å². The lowest BCUT2D eigenvalue weighted by Gasteiger charge is -2.45. The lowest BCUT2D eigenvalue weighted by molar-refractivity contribution is -0.145. The van der Waals surface area contributed by atoms with Crippen LogP contribution in [0.4, 0.5) is 10.1 Å². The largest absolute Gasteiger partial charge is 0.480 e. The van der Waals surface area contributed by atoms with Crippen LogP contribution in [-0.4, -0.2) is 16.6 Å². The summed E-state index contributed by atoms with van der Waals surface area (Å²) in [6.45, 7) is 6.30. The topological polar surface area (TPSA) is 49.3 Å². The lowest BCUT2D eigenvalue weighted by atomic mass is 9.64. The summed E-state index contributed by atoms with van der Waals surface area (Å²) in [7, 11) is 0. The maximum absolute atomic E-state index is 13.0. The molecule has 2 atom stereocenters. The van der Waals surface area contributed by atoms with Crippen LogP contribution in [0, 0.1) is 17.2 Å². The highest BCUT2D eigenvalue weighted by Gasteiger charge is 2.48. The van der Waals surface area contributed by atoms with Gasteiger partial charge in [0.05, 0.1) is 0 Å². The molecule has 0 aliphatic heterocycles. The number of carboxylic acid groups (broad SMARTS) is 1. The first kappa shape index (κ1) is 14.8. The lowest BCUT2D eigenvalue weighted by Crippen LogP contribution is -2.53. The van der Waals surface area contributed by atoms with Crippen molar-refractivity contribution in [1.82, 2.24) is 0 Å². The zero-order valence-corrected chi connectivity index (χ0v) is 12.2. The molecule has 2 unspecified atom stereocenters. The summed E-state index contributed by atoms with van der Waals surface area (Å²) in [5.41, 5.74) is -0.346. The van der Waals surface area contributed by atoms with E-state index >= 15 is 0 Å². The third kappa shape index (κ3) is 3.11. The average Bonchev–Trinajstić information content (AvgIpc) is 2.29. The molecule has 1 aliphatic carbocycles. The van der Waals surface area contributed by atoms with Crippen LogP contribution in [0.15, 0.2) is 24.3 Å². The number of benzene rings is 1. The second kappa shape index (κ2) is 5.08. The van der Waals surface area contributed by atoms with Crippen LogP contribution in [0.2, 0.25) is 0 Å². The number of carbonyl (C=O) groups is 1. The number of nitrogens with one attached hydrogen (secondary N) is 1. The molecule has 0 heterocycles. The van der Waals surface area contributed by atoms with Crippen LogP contribution < -0.4 is 5.32 Å². The molecule has 20 heavy (non-hydrogen) atoms. The quantitative estimate of drug-likeness (QED) is 0.882. The third-order valence-corrected chi connectivity index (χ3v) is 4.02. The second-order valence-electron chi connectivity index (χ2n) is 6.87. The molecule has 0 amide bonds. The predicted molar refractivity (Wildman–Crippen MR) is 77.2 cm³/mol. The van der Waals surface area contributed by atoms with E-state index in [-0.39, 0.29) is 11.2 Å². The first-order valence-electron chi connectivity index (χ1n) is 7.00. The van der Waals surface area contributed by atoms with Gasteiger partial charge in [-0.2, -0.15) is 0 Å². The molecule has 2 N–H and O–H groups in total. The molecular weight excluding hydrogens is 257 g/mol. The van der Waals surface area contributed by atoms with Crippen LogP contribution in [0.3, 0.4) is 0 Å². The maximum atomic E-state index is 13.0. The summed E-state index contributed by atoms with van der Waals surface area (Å²) in [6.07, 6.45) is 2.17. The number of halogens is 1. The van der Waals surface area contributed by atoms with E-state index in [9.17, 15) is 14.3 Å². The monoisotopic (exact) mass is 279 g/mol. The van der Waals surface area contributed by atoms with E-state index in [2.05, 4.69) is 26.1 Å². The van der Waals surface area contributed by atoms with Gasteiger partial charge in [0, 0.05) is 5.69 Å². The normalized spacial score (nSPS) is 28.9. The minimum absolute atomic E-state index is 0.0247. The van der Waals surface area contributed by atoms with Crippen molar-refractivity contribution in [2.24, 2.45) is 11.3 Å². The fourth-order valence-corrected chi connectivity index (χ4v) is 3.69. The van der Waals surface area contributed by atoms with Crippen molar-refractivity contribution < 1.29 is 14.3 Å². The van der Waals surface area contributed by atoms with Crippen LogP contribution in [0.25, 0.3) is 0 Å². The van der Waals surface area contributed by atoms with E-state index in [0.717, 1.165) is 6.42 Å². The third-order valence-electron chi connectivity index (χ3n) is 4.02. The van der Waals surface area contributed by atoms with Gasteiger partial charge in [0.15, 0.2) is 0 Å². The molecule has 2 rings (SSSR count). The van der Waals surface area contributed by atoms with Crippen molar-refractivity contribution in [2.45, 2.75) is 45.6 Å². The molecule has 1 aliphatic rings. The highest BCUT2D eigenvalue weighted by atomic mass is 19.1. The Morgan fingerprint density at radius 3 is 2.40 bits per heavy atom. The van der Waals surface area contributed by atoms with Crippen molar-refractivity contribution in [1.29, 1.82) is 0 Å². The first-order chi connectivity index (χ1) is 9.22. The minimum Gasteiger partial charge on any atom is -0.480 e. The van der Waals surface area contributed by atoms with Gasteiger partial charge in [-0.1, -0.05) is 20.8 Å². The molecule has 0 saturated heterocycles. The molecule has 0 aromatic heterocycles. The van der Waals surface area contributed by atoms with Gasteiger partial charge in [0.25, 0.3) is 0 Å². The molecule has 0 radical (unpaired) electrons. The van der Waals surface area contributed by atoms with Crippen LogP contribution >= 0.6 is 0 Å². The zero-order chi connectivity index (χ0) is 15.0. The van der Waals surface area contributed by atoms with Gasteiger partial charge in [-0.3, -0.25) is 0 Å². The average molecular weight is 279 g/mol. The molecular formula is C16H22FNO2. The van der Waals surface area contributed by atoms with E-state index in [4.69, 9.17) is 0 Å². The molecule has 4 heteroatoms. The van der Waals surface area contributed by atoms with Crippen LogP contribution in [0.1, 0.15) is 40.0 Å². The number of aliphatic carboxylic acids is 1. The van der Waals surface area contributed by atoms with Gasteiger partial charge < -0.3 is 10.4 Å². The molecule has 3 nitrogen and oxygen atoms in total. The fraction of sp³-hybridized carbons (Fsp3) is 0.562. The molecule has 1 fully saturated rings. The summed E-state index contributed by atoms with van der Waals surface area (Å²) in [5.74, 6) is -0.818. The summed E-state index contributed by atoms with van der Waals surface area (Å²) < 4.78 is 13.0. The summed E-state index contributed by atoms with van der Waals surface area (Å²) >= 11 is 0. The fourth-order valence-electron chi connectivity index (χ4n) is 3.69. The van der Waals surface area contributed by atoms with E-state index in [1.54, 1.807) is 12.1 Å². The van der Waals surface area contributed by atoms with Gasteiger partial charge >= 0.3 is 5.97 Å². The Morgan fingerprint density at radius 1 is 1.30 bits per heavy atom. The predicted octanol–water partition coefficient (Wildman–Crippen LogP) is 3.91. The van der Waals surface area contributed by atoms with Gasteiger partial charge in [0.1, 0.15) is 11.4 Å². The van der Waals surface area contributed by atoms with Gasteiger partial charge in [-0.05, 0) is 54.9 Å². The first-order valence-corrected chi connectivity index (χ1v) is 7.00. The van der Waals surface area contributed by atoms with Crippen molar-refractivity contribution in [3.8, 4) is 0 Å². The van der Waals surface area contributed by atoms with Crippen molar-refractivity contribution in [3.63, 3.8) is 0 Å². The van der Waals surface area contributed by atoms with Crippen LogP contribution in [0.5, 0.6) is 0 Å². The van der Waals surface area contributed by atoms with Crippen molar-refractivity contribution in [3.05, 3.63) is 30.1 Å². The molecule has 0 bridgehead atoms. The minimum atomic E-state index is -0.973. The zero-order valence-electron chi connectivity index (χ0n) is 12.2. The van der Waals surface area contributed by atoms with E-state index < -0.39 is 11.5 Å². The second-order valence-corrected chi connectivity index (χ2v) is 6.87. The Labute approximate surface area is 119 Å². The summed E-state index contributed by atoms with van der Waals surface area (Å²) in [4.78, 5) is 11.8. The standard InChI is InChI=1S/C16H22FNO2/c1-11-8-15(2,3)10-16(9-11,14(19)20)18-13-6-4-12(17)5-7-13/h4-7,11,18H,8-10H2,1-3H3,(H,19,20). The Balaban J connectivity index is 2.30. The van der Waals surface area contributed by atoms with Gasteiger partial charge in [-0.25, -0.2) is 9.18 Å². The molecule has 1 saturated carbocycles. The smallest absolute Gasteiger partial charge is 0.329 e. The Hall–Kier alpha value is -1.58. The Kier molecular flexibility index (Phi) is 3.76. The Morgan fingerprint density at radius 2 is 1.90 bits per heavy atom. The molecule has 110 valence electrons. The highest BCUT2D eigenvalue weighted by Crippen LogP contribution is 2.45. The number of rotatable bonds is 3. The maximum Gasteiger partial charge on any atom is 0.329 e. The number of hydrogen-bond acceptors (Lipinski definition) is 2.